The lowest BCUT2D eigenvalue weighted by atomic mass is 10.1. The highest BCUT2D eigenvalue weighted by Crippen LogP contribution is 2.37. The summed E-state index contributed by atoms with van der Waals surface area (Å²) in [5.41, 5.74) is 1.07. The van der Waals surface area contributed by atoms with Crippen molar-refractivity contribution in [3.05, 3.63) is 52.4 Å². The van der Waals surface area contributed by atoms with Crippen LogP contribution in [0.4, 0.5) is 5.82 Å². The van der Waals surface area contributed by atoms with Crippen LogP contribution in [0.15, 0.2) is 36.5 Å². The molecule has 0 atom stereocenters. The van der Waals surface area contributed by atoms with Gasteiger partial charge in [-0.05, 0) is 26.0 Å². The predicted molar refractivity (Wildman–Crippen MR) is 116 cm³/mol. The van der Waals surface area contributed by atoms with E-state index in [1.54, 1.807) is 18.2 Å². The molecule has 0 saturated carbocycles. The normalized spacial score (nSPS) is 11.5. The van der Waals surface area contributed by atoms with Gasteiger partial charge in [0.15, 0.2) is 5.69 Å². The Bertz CT molecular complexity index is 1210. The minimum Gasteiger partial charge on any atom is -0.367 e. The number of anilines is 1. The number of hydrogen-bond acceptors (Lipinski definition) is 7. The van der Waals surface area contributed by atoms with Crippen LogP contribution in [0.1, 0.15) is 24.3 Å². The number of carbonyl (C=O) groups excluding carboxylic acids is 1. The lowest BCUT2D eigenvalue weighted by Gasteiger charge is -2.17. The second-order valence-corrected chi connectivity index (χ2v) is 9.18. The predicted octanol–water partition coefficient (Wildman–Crippen LogP) is 3.15. The van der Waals surface area contributed by atoms with Crippen molar-refractivity contribution in [2.75, 3.05) is 11.6 Å². The molecule has 30 heavy (non-hydrogen) atoms. The van der Waals surface area contributed by atoms with Crippen LogP contribution in [-0.4, -0.2) is 46.4 Å². The first-order valence-corrected chi connectivity index (χ1v) is 11.4. The van der Waals surface area contributed by atoms with E-state index in [0.717, 1.165) is 6.26 Å². The number of nitrogens with one attached hydrogen (secondary N) is 2. The molecule has 1 aromatic carbocycles. The molecular formula is C18H18Cl2N6O3S. The number of halogens is 2. The van der Waals surface area contributed by atoms with Gasteiger partial charge < -0.3 is 5.32 Å². The van der Waals surface area contributed by atoms with Crippen LogP contribution < -0.4 is 10.0 Å². The first kappa shape index (κ1) is 22.0. The highest BCUT2D eigenvalue weighted by molar-refractivity contribution is 7.89. The summed E-state index contributed by atoms with van der Waals surface area (Å²) in [7, 11) is -3.72. The molecule has 0 unspecified atom stereocenters. The zero-order chi connectivity index (χ0) is 22.1. The number of benzene rings is 1. The van der Waals surface area contributed by atoms with E-state index >= 15 is 0 Å². The number of amides is 1. The molecule has 3 aromatic rings. The summed E-state index contributed by atoms with van der Waals surface area (Å²) < 4.78 is 25.6. The van der Waals surface area contributed by atoms with Crippen molar-refractivity contribution in [2.24, 2.45) is 0 Å². The maximum absolute atomic E-state index is 12.0. The molecule has 0 aliphatic carbocycles. The van der Waals surface area contributed by atoms with Crippen LogP contribution >= 0.6 is 23.2 Å². The summed E-state index contributed by atoms with van der Waals surface area (Å²) in [4.78, 5) is 20.8. The van der Waals surface area contributed by atoms with Gasteiger partial charge >= 0.3 is 0 Å². The quantitative estimate of drug-likeness (QED) is 0.533. The maximum atomic E-state index is 12.0. The molecule has 2 aromatic heterocycles. The molecule has 0 bridgehead atoms. The van der Waals surface area contributed by atoms with E-state index in [0.29, 0.717) is 22.0 Å². The van der Waals surface area contributed by atoms with Gasteiger partial charge in [0.2, 0.25) is 10.0 Å². The van der Waals surface area contributed by atoms with Crippen molar-refractivity contribution in [3.8, 4) is 17.1 Å². The van der Waals surface area contributed by atoms with Gasteiger partial charge in [-0.1, -0.05) is 41.4 Å². The Kier molecular flexibility index (Phi) is 6.30. The maximum Gasteiger partial charge on any atom is 0.285 e. The van der Waals surface area contributed by atoms with E-state index in [1.165, 1.54) is 16.9 Å². The third-order valence-electron chi connectivity index (χ3n) is 3.73. The Hall–Kier alpha value is -2.69. The van der Waals surface area contributed by atoms with E-state index < -0.39 is 15.9 Å². The molecule has 1 amide bonds. The number of sulfonamides is 1. The minimum absolute atomic E-state index is 0.0266. The molecule has 0 aliphatic rings. The second-order valence-electron chi connectivity index (χ2n) is 6.67. The molecule has 0 radical (unpaired) electrons. The minimum atomic E-state index is -3.72. The Balaban J connectivity index is 2.07. The Morgan fingerprint density at radius 1 is 1.13 bits per heavy atom. The molecule has 0 fully saturated rings. The summed E-state index contributed by atoms with van der Waals surface area (Å²) in [6.45, 7) is 3.88. The Morgan fingerprint density at radius 2 is 1.83 bits per heavy atom. The Labute approximate surface area is 183 Å². The van der Waals surface area contributed by atoms with Crippen molar-refractivity contribution < 1.29 is 13.2 Å². The lowest BCUT2D eigenvalue weighted by molar-refractivity contribution is 0.0976. The highest BCUT2D eigenvalue weighted by Gasteiger charge is 2.20. The van der Waals surface area contributed by atoms with Crippen LogP contribution in [0.2, 0.25) is 10.2 Å². The molecule has 2 N–H and O–H groups in total. The van der Waals surface area contributed by atoms with E-state index in [1.807, 2.05) is 24.6 Å². The fourth-order valence-electron chi connectivity index (χ4n) is 2.58. The molecule has 9 nitrogen and oxygen atoms in total. The largest absolute Gasteiger partial charge is 0.367 e. The molecule has 0 aliphatic heterocycles. The summed E-state index contributed by atoms with van der Waals surface area (Å²) >= 11 is 12.8. The monoisotopic (exact) mass is 468 g/mol. The summed E-state index contributed by atoms with van der Waals surface area (Å²) in [6, 6.07) is 8.54. The van der Waals surface area contributed by atoms with E-state index in [-0.39, 0.29) is 22.8 Å². The molecule has 0 spiro atoms. The first-order valence-electron chi connectivity index (χ1n) is 8.72. The van der Waals surface area contributed by atoms with E-state index in [2.05, 4.69) is 20.4 Å². The third-order valence-corrected chi connectivity index (χ3v) is 4.89. The van der Waals surface area contributed by atoms with Crippen molar-refractivity contribution in [1.29, 1.82) is 0 Å². The van der Waals surface area contributed by atoms with Gasteiger partial charge in [0.1, 0.15) is 11.0 Å². The second kappa shape index (κ2) is 8.58. The topological polar surface area (TPSA) is 119 Å². The standard InChI is InChI=1S/C18H18Cl2N6O3S/c1-10(2)21-16-14(11-6-4-5-7-12(11)19)15(20)22-18(23-16)26-9-8-13(24-26)17(27)25-30(3,28)29/h4-10H,1-3H3,(H,25,27)(H,21,22,23). The van der Waals surface area contributed by atoms with E-state index in [4.69, 9.17) is 23.2 Å². The summed E-state index contributed by atoms with van der Waals surface area (Å²) in [5.74, 6) is -0.335. The van der Waals surface area contributed by atoms with Crippen LogP contribution in [-0.2, 0) is 10.0 Å². The van der Waals surface area contributed by atoms with E-state index in [9.17, 15) is 13.2 Å². The average Bonchev–Trinajstić information content (AvgIpc) is 3.11. The van der Waals surface area contributed by atoms with Crippen molar-refractivity contribution >= 4 is 45.0 Å². The molecule has 158 valence electrons. The number of aromatic nitrogens is 4. The summed E-state index contributed by atoms with van der Waals surface area (Å²) in [6.07, 6.45) is 2.30. The van der Waals surface area contributed by atoms with Crippen molar-refractivity contribution in [2.45, 2.75) is 19.9 Å². The zero-order valence-corrected chi connectivity index (χ0v) is 18.5. The SMILES string of the molecule is CC(C)Nc1nc(-n2ccc(C(=O)NS(C)(=O)=O)n2)nc(Cl)c1-c1ccccc1Cl. The van der Waals surface area contributed by atoms with Gasteiger partial charge in [-0.2, -0.15) is 15.1 Å². The average molecular weight is 469 g/mol. The van der Waals surface area contributed by atoms with Crippen molar-refractivity contribution in [1.82, 2.24) is 24.5 Å². The van der Waals surface area contributed by atoms with Crippen molar-refractivity contribution in [3.63, 3.8) is 0 Å². The van der Waals surface area contributed by atoms with Crippen LogP contribution in [0.25, 0.3) is 17.1 Å². The number of rotatable bonds is 6. The number of carbonyl (C=O) groups is 1. The van der Waals surface area contributed by atoms with Gasteiger partial charge in [-0.15, -0.1) is 0 Å². The van der Waals surface area contributed by atoms with Crippen LogP contribution in [0.3, 0.4) is 0 Å². The highest BCUT2D eigenvalue weighted by atomic mass is 35.5. The smallest absolute Gasteiger partial charge is 0.285 e. The molecule has 3 rings (SSSR count). The van der Waals surface area contributed by atoms with Gasteiger partial charge in [0, 0.05) is 22.8 Å². The Morgan fingerprint density at radius 3 is 2.47 bits per heavy atom. The molecule has 12 heteroatoms. The lowest BCUT2D eigenvalue weighted by Crippen LogP contribution is -2.29. The fourth-order valence-corrected chi connectivity index (χ4v) is 3.52. The molecular weight excluding hydrogens is 451 g/mol. The fraction of sp³-hybridized carbons (Fsp3) is 0.222. The first-order chi connectivity index (χ1) is 14.0. The van der Waals surface area contributed by atoms with Crippen LogP contribution in [0, 0.1) is 0 Å². The number of hydrogen-bond donors (Lipinski definition) is 2. The van der Waals surface area contributed by atoms with Gasteiger partial charge in [-0.3, -0.25) is 4.79 Å². The molecule has 0 saturated heterocycles. The number of nitrogens with zero attached hydrogens (tertiary/aromatic N) is 4. The molecule has 2 heterocycles. The van der Waals surface area contributed by atoms with Crippen LogP contribution in [0.5, 0.6) is 0 Å². The third kappa shape index (κ3) is 5.07. The summed E-state index contributed by atoms with van der Waals surface area (Å²) in [5, 5.41) is 7.89. The van der Waals surface area contributed by atoms with Gasteiger partial charge in [0.05, 0.1) is 11.8 Å². The van der Waals surface area contributed by atoms with Gasteiger partial charge in [0.25, 0.3) is 11.9 Å². The zero-order valence-electron chi connectivity index (χ0n) is 16.2. The van der Waals surface area contributed by atoms with Gasteiger partial charge in [-0.25, -0.2) is 17.8 Å².